The second-order valence-electron chi connectivity index (χ2n) is 2.64. The van der Waals surface area contributed by atoms with Gasteiger partial charge in [-0.1, -0.05) is 15.9 Å². The van der Waals surface area contributed by atoms with Crippen LogP contribution in [-0.4, -0.2) is 5.97 Å². The Morgan fingerprint density at radius 3 is 2.71 bits per heavy atom. The molecule has 0 aliphatic heterocycles. The predicted octanol–water partition coefficient (Wildman–Crippen LogP) is 2.79. The minimum atomic E-state index is -0.991. The Morgan fingerprint density at radius 1 is 1.50 bits per heavy atom. The molecule has 1 aromatic carbocycles. The van der Waals surface area contributed by atoms with Crippen molar-refractivity contribution in [2.24, 2.45) is 0 Å². The SMILES string of the molecule is CC(=O)OCc1cc(Br)cc(F)c1F. The topological polar surface area (TPSA) is 26.3 Å². The van der Waals surface area contributed by atoms with E-state index in [1.807, 2.05) is 0 Å². The summed E-state index contributed by atoms with van der Waals surface area (Å²) >= 11 is 3.01. The van der Waals surface area contributed by atoms with E-state index in [1.54, 1.807) is 0 Å². The van der Waals surface area contributed by atoms with Crippen LogP contribution in [0.25, 0.3) is 0 Å². The lowest BCUT2D eigenvalue weighted by Crippen LogP contribution is -2.02. The summed E-state index contributed by atoms with van der Waals surface area (Å²) in [7, 11) is 0. The minimum Gasteiger partial charge on any atom is -0.461 e. The fourth-order valence-electron chi connectivity index (χ4n) is 0.894. The second-order valence-corrected chi connectivity index (χ2v) is 3.56. The third kappa shape index (κ3) is 2.77. The molecule has 0 spiro atoms. The highest BCUT2D eigenvalue weighted by molar-refractivity contribution is 9.10. The molecule has 5 heteroatoms. The average Bonchev–Trinajstić information content (AvgIpc) is 2.08. The zero-order chi connectivity index (χ0) is 10.7. The lowest BCUT2D eigenvalue weighted by molar-refractivity contribution is -0.142. The van der Waals surface area contributed by atoms with E-state index in [2.05, 4.69) is 20.7 Å². The van der Waals surface area contributed by atoms with Gasteiger partial charge in [-0.25, -0.2) is 8.78 Å². The van der Waals surface area contributed by atoms with Crippen molar-refractivity contribution in [3.05, 3.63) is 33.8 Å². The Balaban J connectivity index is 2.90. The highest BCUT2D eigenvalue weighted by atomic mass is 79.9. The number of esters is 1. The van der Waals surface area contributed by atoms with E-state index < -0.39 is 17.6 Å². The average molecular weight is 265 g/mol. The van der Waals surface area contributed by atoms with Crippen LogP contribution in [0.4, 0.5) is 8.78 Å². The van der Waals surface area contributed by atoms with Crippen LogP contribution in [0.15, 0.2) is 16.6 Å². The van der Waals surface area contributed by atoms with Crippen LogP contribution in [0, 0.1) is 11.6 Å². The number of halogens is 3. The molecule has 0 aromatic heterocycles. The van der Waals surface area contributed by atoms with E-state index in [-0.39, 0.29) is 12.2 Å². The molecule has 1 aromatic rings. The normalized spacial score (nSPS) is 10.0. The molecule has 0 radical (unpaired) electrons. The van der Waals surface area contributed by atoms with E-state index in [1.165, 1.54) is 13.0 Å². The maximum absolute atomic E-state index is 13.0. The quantitative estimate of drug-likeness (QED) is 0.607. The molecule has 0 atom stereocenters. The molecule has 0 aliphatic rings. The highest BCUT2D eigenvalue weighted by Crippen LogP contribution is 2.19. The van der Waals surface area contributed by atoms with Gasteiger partial charge in [0.2, 0.25) is 0 Å². The Labute approximate surface area is 88.0 Å². The van der Waals surface area contributed by atoms with E-state index in [4.69, 9.17) is 0 Å². The molecule has 0 unspecified atom stereocenters. The first-order valence-electron chi connectivity index (χ1n) is 3.77. The third-order valence-electron chi connectivity index (χ3n) is 1.50. The summed E-state index contributed by atoms with van der Waals surface area (Å²) in [5, 5.41) is 0. The van der Waals surface area contributed by atoms with Gasteiger partial charge in [-0.05, 0) is 12.1 Å². The number of hydrogen-bond donors (Lipinski definition) is 0. The number of carbonyl (C=O) groups excluding carboxylic acids is 1. The molecular weight excluding hydrogens is 258 g/mol. The van der Waals surface area contributed by atoms with Gasteiger partial charge in [-0.3, -0.25) is 4.79 Å². The summed E-state index contributed by atoms with van der Waals surface area (Å²) in [6.07, 6.45) is 0. The van der Waals surface area contributed by atoms with Crippen molar-refractivity contribution < 1.29 is 18.3 Å². The monoisotopic (exact) mass is 264 g/mol. The summed E-state index contributed by atoms with van der Waals surface area (Å²) in [4.78, 5) is 10.4. The van der Waals surface area contributed by atoms with Gasteiger partial charge in [-0.2, -0.15) is 0 Å². The van der Waals surface area contributed by atoms with Crippen molar-refractivity contribution >= 4 is 21.9 Å². The highest BCUT2D eigenvalue weighted by Gasteiger charge is 2.10. The molecule has 1 rings (SSSR count). The standard InChI is InChI=1S/C9H7BrF2O2/c1-5(13)14-4-6-2-7(10)3-8(11)9(6)12/h2-3H,4H2,1H3. The van der Waals surface area contributed by atoms with E-state index in [0.717, 1.165) is 6.07 Å². The molecule has 0 N–H and O–H groups in total. The molecule has 0 saturated carbocycles. The Kier molecular flexibility index (Phi) is 3.57. The van der Waals surface area contributed by atoms with Crippen LogP contribution in [0.1, 0.15) is 12.5 Å². The number of ether oxygens (including phenoxy) is 1. The molecule has 0 fully saturated rings. The summed E-state index contributed by atoms with van der Waals surface area (Å²) < 4.78 is 30.8. The second kappa shape index (κ2) is 4.50. The van der Waals surface area contributed by atoms with Gasteiger partial charge in [0, 0.05) is 17.0 Å². The van der Waals surface area contributed by atoms with E-state index in [9.17, 15) is 13.6 Å². The first-order valence-corrected chi connectivity index (χ1v) is 4.57. The summed E-state index contributed by atoms with van der Waals surface area (Å²) in [6, 6.07) is 2.37. The molecule has 0 bridgehead atoms. The number of carbonyl (C=O) groups is 1. The molecule has 0 heterocycles. The Bertz CT molecular complexity index is 366. The molecule has 0 saturated heterocycles. The van der Waals surface area contributed by atoms with Crippen molar-refractivity contribution in [2.75, 3.05) is 0 Å². The lowest BCUT2D eigenvalue weighted by atomic mass is 10.2. The van der Waals surface area contributed by atoms with Gasteiger partial charge in [-0.15, -0.1) is 0 Å². The molecule has 0 amide bonds. The fraction of sp³-hybridized carbons (Fsp3) is 0.222. The maximum Gasteiger partial charge on any atom is 0.302 e. The van der Waals surface area contributed by atoms with E-state index >= 15 is 0 Å². The maximum atomic E-state index is 13.0. The number of benzene rings is 1. The third-order valence-corrected chi connectivity index (χ3v) is 1.96. The first-order chi connectivity index (χ1) is 6.50. The minimum absolute atomic E-state index is 0.00655. The van der Waals surface area contributed by atoms with Gasteiger partial charge in [0.15, 0.2) is 11.6 Å². The predicted molar refractivity (Wildman–Crippen MR) is 49.5 cm³/mol. The van der Waals surface area contributed by atoms with Crippen molar-refractivity contribution in [1.29, 1.82) is 0 Å². The fourth-order valence-corrected chi connectivity index (χ4v) is 1.37. The van der Waals surface area contributed by atoms with Crippen LogP contribution in [0.5, 0.6) is 0 Å². The molecule has 14 heavy (non-hydrogen) atoms. The smallest absolute Gasteiger partial charge is 0.302 e. The molecule has 2 nitrogen and oxygen atoms in total. The van der Waals surface area contributed by atoms with Crippen LogP contribution >= 0.6 is 15.9 Å². The zero-order valence-corrected chi connectivity index (χ0v) is 8.90. The van der Waals surface area contributed by atoms with Crippen molar-refractivity contribution in [3.8, 4) is 0 Å². The van der Waals surface area contributed by atoms with Gasteiger partial charge in [0.25, 0.3) is 0 Å². The largest absolute Gasteiger partial charge is 0.461 e. The summed E-state index contributed by atoms with van der Waals surface area (Å²) in [5.41, 5.74) is 0.00655. The van der Waals surface area contributed by atoms with Crippen LogP contribution in [0.2, 0.25) is 0 Å². The molecule has 0 aliphatic carbocycles. The molecule has 76 valence electrons. The van der Waals surface area contributed by atoms with E-state index in [0.29, 0.717) is 4.47 Å². The number of rotatable bonds is 2. The van der Waals surface area contributed by atoms with Crippen molar-refractivity contribution in [3.63, 3.8) is 0 Å². The number of hydrogen-bond acceptors (Lipinski definition) is 2. The van der Waals surface area contributed by atoms with Gasteiger partial charge in [0.1, 0.15) is 6.61 Å². The lowest BCUT2D eigenvalue weighted by Gasteiger charge is -2.05. The van der Waals surface area contributed by atoms with Crippen molar-refractivity contribution in [2.45, 2.75) is 13.5 Å². The molecular formula is C9H7BrF2O2. The van der Waals surface area contributed by atoms with Crippen LogP contribution in [0.3, 0.4) is 0 Å². The summed E-state index contributed by atoms with van der Waals surface area (Å²) in [5.74, 6) is -2.50. The van der Waals surface area contributed by atoms with Crippen molar-refractivity contribution in [1.82, 2.24) is 0 Å². The zero-order valence-electron chi connectivity index (χ0n) is 7.31. The first kappa shape index (κ1) is 11.1. The van der Waals surface area contributed by atoms with Gasteiger partial charge in [0.05, 0.1) is 0 Å². The summed E-state index contributed by atoms with van der Waals surface area (Å²) in [6.45, 7) is 0.934. The van der Waals surface area contributed by atoms with Gasteiger partial charge < -0.3 is 4.74 Å². The van der Waals surface area contributed by atoms with Crippen LogP contribution in [-0.2, 0) is 16.1 Å². The Hall–Kier alpha value is -0.970. The van der Waals surface area contributed by atoms with Crippen LogP contribution < -0.4 is 0 Å². The Morgan fingerprint density at radius 2 is 2.14 bits per heavy atom. The van der Waals surface area contributed by atoms with Gasteiger partial charge >= 0.3 is 5.97 Å².